The van der Waals surface area contributed by atoms with E-state index in [1.54, 1.807) is 0 Å². The summed E-state index contributed by atoms with van der Waals surface area (Å²) in [5, 5.41) is 7.56. The van der Waals surface area contributed by atoms with Crippen molar-refractivity contribution in [2.45, 2.75) is 148 Å². The third-order valence-corrected chi connectivity index (χ3v) is 6.85. The van der Waals surface area contributed by atoms with E-state index < -0.39 is 0 Å². The van der Waals surface area contributed by atoms with Crippen molar-refractivity contribution in [3.8, 4) is 0 Å². The second kappa shape index (κ2) is 16.0. The molecular formula is C26H51N3. The van der Waals surface area contributed by atoms with Crippen LogP contribution in [0.3, 0.4) is 0 Å². The van der Waals surface area contributed by atoms with Gasteiger partial charge in [0.05, 0.1) is 0 Å². The van der Waals surface area contributed by atoms with Gasteiger partial charge in [0.15, 0.2) is 5.96 Å². The lowest BCUT2D eigenvalue weighted by Gasteiger charge is -2.29. The second-order valence-electron chi connectivity index (χ2n) is 10.2. The van der Waals surface area contributed by atoms with Crippen LogP contribution in [0.2, 0.25) is 0 Å². The van der Waals surface area contributed by atoms with Crippen LogP contribution in [-0.2, 0) is 0 Å². The van der Waals surface area contributed by atoms with Gasteiger partial charge in [-0.3, -0.25) is 4.99 Å². The van der Waals surface area contributed by atoms with Gasteiger partial charge in [0.2, 0.25) is 0 Å². The standard InChI is InChI=1S/C26H51N3/c1-23(2)17-11-7-5-3-4-6-8-16-22-27-26(28-24-18-12-9-13-19-24)29-25-20-14-10-15-21-25/h23-25H,3-22H2,1-2H3,(H2,27,28,29). The zero-order valence-corrected chi connectivity index (χ0v) is 19.8. The minimum absolute atomic E-state index is 0.647. The first-order valence-electron chi connectivity index (χ1n) is 13.3. The number of guanidine groups is 1. The summed E-state index contributed by atoms with van der Waals surface area (Å²) in [4.78, 5) is 4.98. The normalized spacial score (nSPS) is 18.7. The molecule has 170 valence electrons. The number of nitrogens with zero attached hydrogens (tertiary/aromatic N) is 1. The molecule has 2 fully saturated rings. The van der Waals surface area contributed by atoms with E-state index >= 15 is 0 Å². The predicted molar refractivity (Wildman–Crippen MR) is 129 cm³/mol. The number of hydrogen-bond acceptors (Lipinski definition) is 1. The Bertz CT molecular complexity index is 384. The summed E-state index contributed by atoms with van der Waals surface area (Å²) < 4.78 is 0. The van der Waals surface area contributed by atoms with Gasteiger partial charge in [-0.2, -0.15) is 0 Å². The van der Waals surface area contributed by atoms with Crippen molar-refractivity contribution in [3.63, 3.8) is 0 Å². The lowest BCUT2D eigenvalue weighted by atomic mass is 9.95. The van der Waals surface area contributed by atoms with Gasteiger partial charge in [-0.1, -0.05) is 104 Å². The summed E-state index contributed by atoms with van der Waals surface area (Å²) in [6, 6.07) is 1.29. The molecule has 0 aromatic rings. The van der Waals surface area contributed by atoms with E-state index in [2.05, 4.69) is 24.5 Å². The predicted octanol–water partition coefficient (Wildman–Crippen LogP) is 7.35. The van der Waals surface area contributed by atoms with Crippen molar-refractivity contribution in [2.75, 3.05) is 6.54 Å². The number of aliphatic imine (C=N–C) groups is 1. The van der Waals surface area contributed by atoms with E-state index in [-0.39, 0.29) is 0 Å². The third-order valence-electron chi connectivity index (χ3n) is 6.85. The molecule has 0 aromatic carbocycles. The fourth-order valence-electron chi connectivity index (χ4n) is 4.93. The smallest absolute Gasteiger partial charge is 0.191 e. The summed E-state index contributed by atoms with van der Waals surface area (Å²) in [5.41, 5.74) is 0. The Hall–Kier alpha value is -0.730. The molecule has 3 heteroatoms. The van der Waals surface area contributed by atoms with Crippen LogP contribution in [0.1, 0.15) is 136 Å². The van der Waals surface area contributed by atoms with Gasteiger partial charge >= 0.3 is 0 Å². The van der Waals surface area contributed by atoms with Crippen LogP contribution in [0, 0.1) is 5.92 Å². The highest BCUT2D eigenvalue weighted by atomic mass is 15.2. The zero-order chi connectivity index (χ0) is 20.6. The van der Waals surface area contributed by atoms with E-state index in [9.17, 15) is 0 Å². The van der Waals surface area contributed by atoms with Crippen LogP contribution < -0.4 is 10.6 Å². The number of nitrogens with one attached hydrogen (secondary N) is 2. The zero-order valence-electron chi connectivity index (χ0n) is 19.8. The molecule has 0 bridgehead atoms. The van der Waals surface area contributed by atoms with Gasteiger partial charge in [0.25, 0.3) is 0 Å². The van der Waals surface area contributed by atoms with Crippen molar-refractivity contribution < 1.29 is 0 Å². The second-order valence-corrected chi connectivity index (χ2v) is 10.2. The maximum Gasteiger partial charge on any atom is 0.191 e. The average molecular weight is 406 g/mol. The Morgan fingerprint density at radius 3 is 1.59 bits per heavy atom. The molecule has 29 heavy (non-hydrogen) atoms. The van der Waals surface area contributed by atoms with Crippen molar-refractivity contribution in [3.05, 3.63) is 0 Å². The summed E-state index contributed by atoms with van der Waals surface area (Å²) >= 11 is 0. The quantitative estimate of drug-likeness (QED) is 0.191. The molecule has 2 aliphatic rings. The molecule has 2 aliphatic carbocycles. The third kappa shape index (κ3) is 12.5. The summed E-state index contributed by atoms with van der Waals surface area (Å²) in [7, 11) is 0. The highest BCUT2D eigenvalue weighted by Gasteiger charge is 2.18. The first-order chi connectivity index (χ1) is 14.2. The molecule has 0 aromatic heterocycles. The molecule has 0 amide bonds. The van der Waals surface area contributed by atoms with Gasteiger partial charge in [-0.15, -0.1) is 0 Å². The number of hydrogen-bond donors (Lipinski definition) is 2. The summed E-state index contributed by atoms with van der Waals surface area (Å²) in [5.74, 6) is 2.00. The van der Waals surface area contributed by atoms with Crippen LogP contribution in [0.25, 0.3) is 0 Å². The molecule has 2 N–H and O–H groups in total. The highest BCUT2D eigenvalue weighted by Crippen LogP contribution is 2.19. The van der Waals surface area contributed by atoms with Crippen LogP contribution in [0.5, 0.6) is 0 Å². The Labute approximate surface area is 182 Å². The molecule has 0 aliphatic heterocycles. The maximum atomic E-state index is 4.98. The van der Waals surface area contributed by atoms with Crippen molar-refractivity contribution in [1.29, 1.82) is 0 Å². The highest BCUT2D eigenvalue weighted by molar-refractivity contribution is 5.80. The molecule has 2 saturated carbocycles. The van der Waals surface area contributed by atoms with Crippen LogP contribution in [0.15, 0.2) is 4.99 Å². The molecule has 0 heterocycles. The van der Waals surface area contributed by atoms with Gasteiger partial charge in [0.1, 0.15) is 0 Å². The minimum atomic E-state index is 0.647. The molecule has 0 radical (unpaired) electrons. The summed E-state index contributed by atoms with van der Waals surface area (Å²) in [6.45, 7) is 5.66. The number of unbranched alkanes of at least 4 members (excludes halogenated alkanes) is 7. The van der Waals surface area contributed by atoms with Gasteiger partial charge in [0, 0.05) is 18.6 Å². The van der Waals surface area contributed by atoms with Crippen LogP contribution in [-0.4, -0.2) is 24.6 Å². The fraction of sp³-hybridized carbons (Fsp3) is 0.962. The SMILES string of the molecule is CC(C)CCCCCCCCCCN=C(NC1CCCCC1)NC1CCCCC1. The van der Waals surface area contributed by atoms with E-state index in [1.165, 1.54) is 122 Å². The molecule has 3 nitrogen and oxygen atoms in total. The largest absolute Gasteiger partial charge is 0.354 e. The van der Waals surface area contributed by atoms with Crippen molar-refractivity contribution in [2.24, 2.45) is 10.9 Å². The molecule has 2 rings (SSSR count). The Morgan fingerprint density at radius 2 is 1.10 bits per heavy atom. The van der Waals surface area contributed by atoms with Gasteiger partial charge in [-0.25, -0.2) is 0 Å². The Morgan fingerprint density at radius 1 is 0.655 bits per heavy atom. The monoisotopic (exact) mass is 405 g/mol. The lowest BCUT2D eigenvalue weighted by molar-refractivity contribution is 0.388. The molecule has 0 atom stereocenters. The van der Waals surface area contributed by atoms with E-state index in [0.717, 1.165) is 18.4 Å². The molecular weight excluding hydrogens is 354 g/mol. The van der Waals surface area contributed by atoms with E-state index in [0.29, 0.717) is 12.1 Å². The molecule has 0 saturated heterocycles. The summed E-state index contributed by atoms with van der Waals surface area (Å²) in [6.07, 6.45) is 26.2. The molecule has 0 unspecified atom stereocenters. The maximum absolute atomic E-state index is 4.98. The van der Waals surface area contributed by atoms with Crippen LogP contribution in [0.4, 0.5) is 0 Å². The van der Waals surface area contributed by atoms with Crippen molar-refractivity contribution >= 4 is 5.96 Å². The topological polar surface area (TPSA) is 36.4 Å². The fourth-order valence-corrected chi connectivity index (χ4v) is 4.93. The first kappa shape index (κ1) is 24.5. The Balaban J connectivity index is 1.57. The average Bonchev–Trinajstić information content (AvgIpc) is 2.73. The Kier molecular flexibility index (Phi) is 13.6. The van der Waals surface area contributed by atoms with Crippen molar-refractivity contribution in [1.82, 2.24) is 10.6 Å². The minimum Gasteiger partial charge on any atom is -0.354 e. The van der Waals surface area contributed by atoms with Gasteiger partial charge in [-0.05, 0) is 38.0 Å². The lowest BCUT2D eigenvalue weighted by Crippen LogP contribution is -2.48. The molecule has 0 spiro atoms. The van der Waals surface area contributed by atoms with Gasteiger partial charge < -0.3 is 10.6 Å². The first-order valence-corrected chi connectivity index (χ1v) is 13.3. The van der Waals surface area contributed by atoms with E-state index in [4.69, 9.17) is 4.99 Å². The number of rotatable bonds is 13. The van der Waals surface area contributed by atoms with Crippen LogP contribution >= 0.6 is 0 Å². The van der Waals surface area contributed by atoms with E-state index in [1.807, 2.05) is 0 Å².